The lowest BCUT2D eigenvalue weighted by atomic mass is 10.1. The molecule has 0 aliphatic carbocycles. The lowest BCUT2D eigenvalue weighted by molar-refractivity contribution is 0.151. The molecule has 5 heteroatoms. The fourth-order valence-corrected chi connectivity index (χ4v) is 1.90. The summed E-state index contributed by atoms with van der Waals surface area (Å²) < 4.78 is 5.54. The summed E-state index contributed by atoms with van der Waals surface area (Å²) in [6, 6.07) is 6.51. The van der Waals surface area contributed by atoms with Crippen molar-refractivity contribution >= 4 is 6.09 Å². The molecule has 0 bridgehead atoms. The molecule has 17 heavy (non-hydrogen) atoms. The summed E-state index contributed by atoms with van der Waals surface area (Å²) in [5.41, 5.74) is 0. The number of phenols is 1. The number of rotatable bonds is 3. The summed E-state index contributed by atoms with van der Waals surface area (Å²) in [7, 11) is 0. The third-order valence-electron chi connectivity index (χ3n) is 2.88. The Kier molecular flexibility index (Phi) is 3.37. The zero-order valence-electron chi connectivity index (χ0n) is 9.37. The van der Waals surface area contributed by atoms with E-state index in [4.69, 9.17) is 14.9 Å². The summed E-state index contributed by atoms with van der Waals surface area (Å²) in [6.07, 6.45) is -0.0261. The van der Waals surface area contributed by atoms with Crippen LogP contribution >= 0.6 is 0 Å². The smallest absolute Gasteiger partial charge is 0.407 e. The molecule has 0 aromatic heterocycles. The molecule has 1 aromatic rings. The standard InChI is InChI=1S/C12H15NO4/c14-10-1-3-11(4-2-10)17-8-9-5-6-13(7-9)12(15)16/h1-4,9,14H,5-8H2,(H,15,16). The molecule has 2 rings (SSSR count). The molecule has 1 fully saturated rings. The molecule has 0 radical (unpaired) electrons. The van der Waals surface area contributed by atoms with Gasteiger partial charge in [-0.05, 0) is 30.7 Å². The monoisotopic (exact) mass is 237 g/mol. The molecule has 1 heterocycles. The van der Waals surface area contributed by atoms with Crippen LogP contribution in [0.1, 0.15) is 6.42 Å². The topological polar surface area (TPSA) is 70.0 Å². The van der Waals surface area contributed by atoms with Crippen LogP contribution in [0.15, 0.2) is 24.3 Å². The third kappa shape index (κ3) is 3.03. The van der Waals surface area contributed by atoms with Crippen molar-refractivity contribution in [3.05, 3.63) is 24.3 Å². The summed E-state index contributed by atoms with van der Waals surface area (Å²) in [5.74, 6) is 1.15. The van der Waals surface area contributed by atoms with Gasteiger partial charge in [0, 0.05) is 19.0 Å². The number of aromatic hydroxyl groups is 1. The maximum absolute atomic E-state index is 10.7. The number of amides is 1. The van der Waals surface area contributed by atoms with Crippen molar-refractivity contribution in [2.75, 3.05) is 19.7 Å². The SMILES string of the molecule is O=C(O)N1CCC(COc2ccc(O)cc2)C1. The summed E-state index contributed by atoms with van der Waals surface area (Å²) >= 11 is 0. The summed E-state index contributed by atoms with van der Waals surface area (Å²) in [4.78, 5) is 12.1. The van der Waals surface area contributed by atoms with Gasteiger partial charge in [0.25, 0.3) is 0 Å². The van der Waals surface area contributed by atoms with Gasteiger partial charge in [0.1, 0.15) is 11.5 Å². The van der Waals surface area contributed by atoms with E-state index in [9.17, 15) is 4.79 Å². The Balaban J connectivity index is 1.80. The third-order valence-corrected chi connectivity index (χ3v) is 2.88. The Morgan fingerprint density at radius 1 is 1.41 bits per heavy atom. The molecular weight excluding hydrogens is 222 g/mol. The highest BCUT2D eigenvalue weighted by molar-refractivity contribution is 5.65. The van der Waals surface area contributed by atoms with Gasteiger partial charge in [-0.3, -0.25) is 0 Å². The Hall–Kier alpha value is -1.91. The van der Waals surface area contributed by atoms with Crippen molar-refractivity contribution in [2.45, 2.75) is 6.42 Å². The molecule has 0 saturated carbocycles. The van der Waals surface area contributed by atoms with E-state index < -0.39 is 6.09 Å². The van der Waals surface area contributed by atoms with Crippen LogP contribution in [0.25, 0.3) is 0 Å². The predicted octanol–water partition coefficient (Wildman–Crippen LogP) is 1.77. The van der Waals surface area contributed by atoms with Crippen molar-refractivity contribution in [3.63, 3.8) is 0 Å². The minimum atomic E-state index is -0.864. The molecule has 0 spiro atoms. The van der Waals surface area contributed by atoms with Gasteiger partial charge in [-0.15, -0.1) is 0 Å². The Morgan fingerprint density at radius 2 is 2.12 bits per heavy atom. The number of carboxylic acid groups (broad SMARTS) is 1. The molecular formula is C12H15NO4. The van der Waals surface area contributed by atoms with E-state index in [1.165, 1.54) is 4.90 Å². The second kappa shape index (κ2) is 4.95. The van der Waals surface area contributed by atoms with Gasteiger partial charge in [-0.1, -0.05) is 0 Å². The Labute approximate surface area is 99.2 Å². The van der Waals surface area contributed by atoms with E-state index >= 15 is 0 Å². The maximum Gasteiger partial charge on any atom is 0.407 e. The van der Waals surface area contributed by atoms with E-state index in [0.717, 1.165) is 6.42 Å². The summed E-state index contributed by atoms with van der Waals surface area (Å²) in [5, 5.41) is 17.9. The highest BCUT2D eigenvalue weighted by Gasteiger charge is 2.26. The van der Waals surface area contributed by atoms with E-state index in [0.29, 0.717) is 25.4 Å². The predicted molar refractivity (Wildman–Crippen MR) is 61.3 cm³/mol. The number of hydrogen-bond donors (Lipinski definition) is 2. The molecule has 1 aliphatic heterocycles. The van der Waals surface area contributed by atoms with Gasteiger partial charge in [0.05, 0.1) is 6.61 Å². The summed E-state index contributed by atoms with van der Waals surface area (Å²) in [6.45, 7) is 1.63. The first-order valence-electron chi connectivity index (χ1n) is 5.55. The van der Waals surface area contributed by atoms with E-state index in [-0.39, 0.29) is 11.7 Å². The first-order chi connectivity index (χ1) is 8.15. The zero-order valence-corrected chi connectivity index (χ0v) is 9.37. The highest BCUT2D eigenvalue weighted by Crippen LogP contribution is 2.20. The maximum atomic E-state index is 10.7. The minimum absolute atomic E-state index is 0.204. The van der Waals surface area contributed by atoms with Gasteiger partial charge >= 0.3 is 6.09 Å². The lowest BCUT2D eigenvalue weighted by Crippen LogP contribution is -2.27. The van der Waals surface area contributed by atoms with Gasteiger partial charge < -0.3 is 19.8 Å². The molecule has 2 N–H and O–H groups in total. The fraction of sp³-hybridized carbons (Fsp3) is 0.417. The fourth-order valence-electron chi connectivity index (χ4n) is 1.90. The zero-order chi connectivity index (χ0) is 12.3. The van der Waals surface area contributed by atoms with Crippen molar-refractivity contribution in [1.29, 1.82) is 0 Å². The van der Waals surface area contributed by atoms with Crippen LogP contribution in [0.5, 0.6) is 11.5 Å². The van der Waals surface area contributed by atoms with Crippen LogP contribution in [0.2, 0.25) is 0 Å². The van der Waals surface area contributed by atoms with Crippen LogP contribution < -0.4 is 4.74 Å². The molecule has 1 unspecified atom stereocenters. The van der Waals surface area contributed by atoms with Crippen molar-refractivity contribution < 1.29 is 19.7 Å². The molecule has 92 valence electrons. The second-order valence-corrected chi connectivity index (χ2v) is 4.19. The minimum Gasteiger partial charge on any atom is -0.508 e. The van der Waals surface area contributed by atoms with Crippen molar-refractivity contribution in [1.82, 2.24) is 4.90 Å². The molecule has 5 nitrogen and oxygen atoms in total. The normalized spacial score (nSPS) is 19.3. The average Bonchev–Trinajstić information content (AvgIpc) is 2.77. The number of nitrogens with zero attached hydrogens (tertiary/aromatic N) is 1. The number of phenolic OH excluding ortho intramolecular Hbond substituents is 1. The largest absolute Gasteiger partial charge is 0.508 e. The molecule has 1 aliphatic rings. The van der Waals surface area contributed by atoms with Crippen molar-refractivity contribution in [2.24, 2.45) is 5.92 Å². The molecule has 1 amide bonds. The van der Waals surface area contributed by atoms with E-state index in [1.54, 1.807) is 24.3 Å². The first kappa shape index (κ1) is 11.6. The number of hydrogen-bond acceptors (Lipinski definition) is 3. The van der Waals surface area contributed by atoms with Crippen LogP contribution in [0.3, 0.4) is 0 Å². The van der Waals surface area contributed by atoms with Crippen molar-refractivity contribution in [3.8, 4) is 11.5 Å². The van der Waals surface area contributed by atoms with Gasteiger partial charge in [-0.25, -0.2) is 4.79 Å². The highest BCUT2D eigenvalue weighted by atomic mass is 16.5. The Bertz CT molecular complexity index is 390. The molecule has 1 atom stereocenters. The number of benzene rings is 1. The van der Waals surface area contributed by atoms with Crippen LogP contribution in [0, 0.1) is 5.92 Å². The van der Waals surface area contributed by atoms with Crippen LogP contribution in [-0.2, 0) is 0 Å². The van der Waals surface area contributed by atoms with E-state index in [2.05, 4.69) is 0 Å². The number of carbonyl (C=O) groups is 1. The number of ether oxygens (including phenoxy) is 1. The van der Waals surface area contributed by atoms with Gasteiger partial charge in [0.2, 0.25) is 0 Å². The van der Waals surface area contributed by atoms with Gasteiger partial charge in [0.15, 0.2) is 0 Å². The van der Waals surface area contributed by atoms with E-state index in [1.807, 2.05) is 0 Å². The second-order valence-electron chi connectivity index (χ2n) is 4.19. The Morgan fingerprint density at radius 3 is 2.71 bits per heavy atom. The molecule has 1 saturated heterocycles. The number of likely N-dealkylation sites (tertiary alicyclic amines) is 1. The average molecular weight is 237 g/mol. The van der Waals surface area contributed by atoms with Crippen LogP contribution in [-0.4, -0.2) is 40.9 Å². The molecule has 1 aromatic carbocycles. The van der Waals surface area contributed by atoms with Crippen LogP contribution in [0.4, 0.5) is 4.79 Å². The van der Waals surface area contributed by atoms with Gasteiger partial charge in [-0.2, -0.15) is 0 Å². The lowest BCUT2D eigenvalue weighted by Gasteiger charge is -2.13. The quantitative estimate of drug-likeness (QED) is 0.840. The first-order valence-corrected chi connectivity index (χ1v) is 5.55.